The minimum absolute atomic E-state index is 0.194. The predicted octanol–water partition coefficient (Wildman–Crippen LogP) is 2.57. The Balaban J connectivity index is 2.55. The molecule has 1 aromatic rings. The fourth-order valence-electron chi connectivity index (χ4n) is 1.26. The van der Waals surface area contributed by atoms with E-state index >= 15 is 0 Å². The lowest BCUT2D eigenvalue weighted by molar-refractivity contribution is 0.780. The normalized spacial score (nSPS) is 12.9. The van der Waals surface area contributed by atoms with Gasteiger partial charge in [-0.1, -0.05) is 26.0 Å². The molecule has 0 heterocycles. The number of hydrogen-bond donors (Lipinski definition) is 2. The van der Waals surface area contributed by atoms with Gasteiger partial charge in [0.05, 0.1) is 0 Å². The first-order chi connectivity index (χ1) is 6.59. The molecule has 0 aromatic heterocycles. The SMILES string of the molecule is CC(N)CNc1ccc(C(C)C)cc1. The molecule has 1 atom stereocenters. The summed E-state index contributed by atoms with van der Waals surface area (Å²) < 4.78 is 0. The number of nitrogens with one attached hydrogen (secondary N) is 1. The van der Waals surface area contributed by atoms with Crippen LogP contribution in [0.2, 0.25) is 0 Å². The molecule has 2 nitrogen and oxygen atoms in total. The molecule has 0 amide bonds. The Morgan fingerprint density at radius 2 is 1.71 bits per heavy atom. The highest BCUT2D eigenvalue weighted by Gasteiger charge is 1.99. The Labute approximate surface area is 86.5 Å². The van der Waals surface area contributed by atoms with Gasteiger partial charge < -0.3 is 11.1 Å². The van der Waals surface area contributed by atoms with Crippen molar-refractivity contribution in [1.29, 1.82) is 0 Å². The number of benzene rings is 1. The van der Waals surface area contributed by atoms with E-state index in [2.05, 4.69) is 43.4 Å². The maximum Gasteiger partial charge on any atom is 0.0340 e. The summed E-state index contributed by atoms with van der Waals surface area (Å²) >= 11 is 0. The molecule has 0 radical (unpaired) electrons. The molecule has 1 rings (SSSR count). The monoisotopic (exact) mass is 192 g/mol. The van der Waals surface area contributed by atoms with Gasteiger partial charge in [0.2, 0.25) is 0 Å². The summed E-state index contributed by atoms with van der Waals surface area (Å²) in [6.07, 6.45) is 0. The van der Waals surface area contributed by atoms with E-state index in [0.717, 1.165) is 12.2 Å². The zero-order chi connectivity index (χ0) is 10.6. The summed E-state index contributed by atoms with van der Waals surface area (Å²) in [5, 5.41) is 3.29. The van der Waals surface area contributed by atoms with Gasteiger partial charge in [-0.15, -0.1) is 0 Å². The first kappa shape index (κ1) is 11.1. The van der Waals surface area contributed by atoms with E-state index in [1.54, 1.807) is 0 Å². The molecule has 0 saturated heterocycles. The van der Waals surface area contributed by atoms with Gasteiger partial charge in [0, 0.05) is 18.3 Å². The standard InChI is InChI=1S/C12H20N2/c1-9(2)11-4-6-12(7-5-11)14-8-10(3)13/h4-7,9-10,14H,8,13H2,1-3H3. The van der Waals surface area contributed by atoms with Crippen LogP contribution >= 0.6 is 0 Å². The molecule has 2 heteroatoms. The van der Waals surface area contributed by atoms with Crippen molar-refractivity contribution in [2.75, 3.05) is 11.9 Å². The second kappa shape index (κ2) is 5.01. The molecule has 0 fully saturated rings. The van der Waals surface area contributed by atoms with E-state index in [-0.39, 0.29) is 6.04 Å². The van der Waals surface area contributed by atoms with Crippen LogP contribution in [0.1, 0.15) is 32.3 Å². The third-order valence-electron chi connectivity index (χ3n) is 2.21. The Morgan fingerprint density at radius 1 is 1.14 bits per heavy atom. The summed E-state index contributed by atoms with van der Waals surface area (Å²) in [7, 11) is 0. The molecule has 1 aromatic carbocycles. The summed E-state index contributed by atoms with van der Waals surface area (Å²) in [4.78, 5) is 0. The predicted molar refractivity (Wildman–Crippen MR) is 62.7 cm³/mol. The highest BCUT2D eigenvalue weighted by atomic mass is 14.9. The molecule has 0 aliphatic heterocycles. The van der Waals surface area contributed by atoms with Crippen LogP contribution in [0.3, 0.4) is 0 Å². The molecule has 0 spiro atoms. The van der Waals surface area contributed by atoms with Crippen LogP contribution < -0.4 is 11.1 Å². The summed E-state index contributed by atoms with van der Waals surface area (Å²) in [5.74, 6) is 0.595. The number of nitrogens with two attached hydrogens (primary N) is 1. The van der Waals surface area contributed by atoms with Crippen molar-refractivity contribution in [2.45, 2.75) is 32.7 Å². The number of rotatable bonds is 4. The fourth-order valence-corrected chi connectivity index (χ4v) is 1.26. The fraction of sp³-hybridized carbons (Fsp3) is 0.500. The van der Waals surface area contributed by atoms with E-state index in [1.807, 2.05) is 6.92 Å². The van der Waals surface area contributed by atoms with Crippen molar-refractivity contribution in [3.8, 4) is 0 Å². The lowest BCUT2D eigenvalue weighted by Gasteiger charge is -2.10. The van der Waals surface area contributed by atoms with Gasteiger partial charge in [-0.2, -0.15) is 0 Å². The van der Waals surface area contributed by atoms with E-state index in [9.17, 15) is 0 Å². The van der Waals surface area contributed by atoms with Crippen molar-refractivity contribution >= 4 is 5.69 Å². The summed E-state index contributed by atoms with van der Waals surface area (Å²) in [5.41, 5.74) is 8.17. The van der Waals surface area contributed by atoms with E-state index < -0.39 is 0 Å². The molecule has 0 bridgehead atoms. The summed E-state index contributed by atoms with van der Waals surface area (Å²) in [6.45, 7) is 7.21. The average molecular weight is 192 g/mol. The zero-order valence-corrected chi connectivity index (χ0v) is 9.25. The van der Waals surface area contributed by atoms with Gasteiger partial charge in [-0.25, -0.2) is 0 Å². The van der Waals surface area contributed by atoms with Crippen LogP contribution in [0.25, 0.3) is 0 Å². The van der Waals surface area contributed by atoms with Crippen LogP contribution in [0.5, 0.6) is 0 Å². The molecule has 3 N–H and O–H groups in total. The van der Waals surface area contributed by atoms with Crippen LogP contribution in [0, 0.1) is 0 Å². The lowest BCUT2D eigenvalue weighted by Crippen LogP contribution is -2.25. The maximum absolute atomic E-state index is 5.66. The van der Waals surface area contributed by atoms with Gasteiger partial charge in [-0.3, -0.25) is 0 Å². The second-order valence-electron chi connectivity index (χ2n) is 4.13. The van der Waals surface area contributed by atoms with E-state index in [4.69, 9.17) is 5.73 Å². The topological polar surface area (TPSA) is 38.0 Å². The van der Waals surface area contributed by atoms with Gasteiger partial charge in [-0.05, 0) is 30.5 Å². The van der Waals surface area contributed by atoms with Crippen molar-refractivity contribution in [3.63, 3.8) is 0 Å². The average Bonchev–Trinajstić information content (AvgIpc) is 2.15. The molecule has 78 valence electrons. The summed E-state index contributed by atoms with van der Waals surface area (Å²) in [6, 6.07) is 8.73. The molecule has 14 heavy (non-hydrogen) atoms. The van der Waals surface area contributed by atoms with Crippen molar-refractivity contribution in [2.24, 2.45) is 5.73 Å². The van der Waals surface area contributed by atoms with E-state index in [1.165, 1.54) is 5.56 Å². The van der Waals surface area contributed by atoms with Gasteiger partial charge in [0.25, 0.3) is 0 Å². The second-order valence-corrected chi connectivity index (χ2v) is 4.13. The molecule has 0 saturated carbocycles. The van der Waals surface area contributed by atoms with Crippen molar-refractivity contribution in [1.82, 2.24) is 0 Å². The van der Waals surface area contributed by atoms with Crippen LogP contribution in [-0.4, -0.2) is 12.6 Å². The minimum Gasteiger partial charge on any atom is -0.383 e. The first-order valence-electron chi connectivity index (χ1n) is 5.19. The molecular formula is C12H20N2. The maximum atomic E-state index is 5.66. The van der Waals surface area contributed by atoms with Gasteiger partial charge in [0.1, 0.15) is 0 Å². The van der Waals surface area contributed by atoms with E-state index in [0.29, 0.717) is 5.92 Å². The number of anilines is 1. The highest BCUT2D eigenvalue weighted by molar-refractivity contribution is 5.45. The largest absolute Gasteiger partial charge is 0.383 e. The first-order valence-corrected chi connectivity index (χ1v) is 5.19. The smallest absolute Gasteiger partial charge is 0.0340 e. The highest BCUT2D eigenvalue weighted by Crippen LogP contribution is 2.16. The molecule has 0 aliphatic rings. The Bertz CT molecular complexity index is 262. The Kier molecular flexibility index (Phi) is 3.96. The zero-order valence-electron chi connectivity index (χ0n) is 9.25. The van der Waals surface area contributed by atoms with Gasteiger partial charge >= 0.3 is 0 Å². The molecule has 0 aliphatic carbocycles. The lowest BCUT2D eigenvalue weighted by atomic mass is 10.0. The number of hydrogen-bond acceptors (Lipinski definition) is 2. The quantitative estimate of drug-likeness (QED) is 0.769. The van der Waals surface area contributed by atoms with Crippen molar-refractivity contribution in [3.05, 3.63) is 29.8 Å². The Morgan fingerprint density at radius 3 is 2.14 bits per heavy atom. The third kappa shape index (κ3) is 3.38. The Hall–Kier alpha value is -1.02. The van der Waals surface area contributed by atoms with Gasteiger partial charge in [0.15, 0.2) is 0 Å². The minimum atomic E-state index is 0.194. The van der Waals surface area contributed by atoms with Crippen LogP contribution in [0.15, 0.2) is 24.3 Å². The van der Waals surface area contributed by atoms with Crippen LogP contribution in [0.4, 0.5) is 5.69 Å². The van der Waals surface area contributed by atoms with Crippen LogP contribution in [-0.2, 0) is 0 Å². The van der Waals surface area contributed by atoms with Crippen molar-refractivity contribution < 1.29 is 0 Å². The molecule has 1 unspecified atom stereocenters. The molecular weight excluding hydrogens is 172 g/mol. The third-order valence-corrected chi connectivity index (χ3v) is 2.21.